The lowest BCUT2D eigenvalue weighted by atomic mass is 10.2. The summed E-state index contributed by atoms with van der Waals surface area (Å²) in [5.41, 5.74) is 0.122. The Hall–Kier alpha value is -2.24. The number of carboxylic acids is 1. The van der Waals surface area contributed by atoms with E-state index in [0.29, 0.717) is 11.5 Å². The first-order chi connectivity index (χ1) is 9.06. The van der Waals surface area contributed by atoms with Crippen LogP contribution in [0.4, 0.5) is 4.79 Å². The Kier molecular flexibility index (Phi) is 3.89. The zero-order chi connectivity index (χ0) is 13.8. The maximum atomic E-state index is 11.6. The van der Waals surface area contributed by atoms with Crippen molar-refractivity contribution in [2.75, 3.05) is 0 Å². The molecular formula is C13H16N2O4. The first kappa shape index (κ1) is 13.2. The van der Waals surface area contributed by atoms with Gasteiger partial charge in [0.25, 0.3) is 0 Å². The third-order valence-electron chi connectivity index (χ3n) is 2.97. The molecule has 1 aliphatic carbocycles. The summed E-state index contributed by atoms with van der Waals surface area (Å²) in [6, 6.07) is 1.29. The summed E-state index contributed by atoms with van der Waals surface area (Å²) in [4.78, 5) is 22.4. The van der Waals surface area contributed by atoms with Crippen LogP contribution in [0.3, 0.4) is 0 Å². The van der Waals surface area contributed by atoms with Crippen molar-refractivity contribution in [2.24, 2.45) is 0 Å². The lowest BCUT2D eigenvalue weighted by Crippen LogP contribution is -2.40. The summed E-state index contributed by atoms with van der Waals surface area (Å²) >= 11 is 0. The van der Waals surface area contributed by atoms with Crippen molar-refractivity contribution >= 4 is 12.0 Å². The minimum absolute atomic E-state index is 0.122. The fourth-order valence-corrected chi connectivity index (χ4v) is 1.98. The normalized spacial score (nSPS) is 14.6. The van der Waals surface area contributed by atoms with Gasteiger partial charge in [-0.15, -0.1) is 0 Å². The number of carboxylic acid groups (broad SMARTS) is 1. The van der Waals surface area contributed by atoms with Crippen molar-refractivity contribution in [1.82, 2.24) is 10.6 Å². The maximum absolute atomic E-state index is 11.6. The van der Waals surface area contributed by atoms with Gasteiger partial charge in [0, 0.05) is 6.04 Å². The topological polar surface area (TPSA) is 91.6 Å². The summed E-state index contributed by atoms with van der Waals surface area (Å²) in [7, 11) is 0. The van der Waals surface area contributed by atoms with E-state index in [0.717, 1.165) is 12.8 Å². The SMILES string of the molecule is Cc1oc(CNC(=O)NC2CC=CC2)cc1C(=O)O. The van der Waals surface area contributed by atoms with Gasteiger partial charge in [-0.1, -0.05) is 12.2 Å². The maximum Gasteiger partial charge on any atom is 0.339 e. The number of furan rings is 1. The molecule has 0 saturated heterocycles. The van der Waals surface area contributed by atoms with Crippen LogP contribution < -0.4 is 10.6 Å². The summed E-state index contributed by atoms with van der Waals surface area (Å²) in [6.45, 7) is 1.75. The van der Waals surface area contributed by atoms with E-state index in [1.165, 1.54) is 6.07 Å². The number of hydrogen-bond acceptors (Lipinski definition) is 3. The number of carbonyl (C=O) groups excluding carboxylic acids is 1. The first-order valence-electron chi connectivity index (χ1n) is 6.08. The van der Waals surface area contributed by atoms with E-state index in [4.69, 9.17) is 9.52 Å². The van der Waals surface area contributed by atoms with Crippen LogP contribution >= 0.6 is 0 Å². The van der Waals surface area contributed by atoms with Crippen LogP contribution in [0.5, 0.6) is 0 Å². The molecule has 102 valence electrons. The van der Waals surface area contributed by atoms with Gasteiger partial charge in [0.15, 0.2) is 0 Å². The van der Waals surface area contributed by atoms with Crippen molar-refractivity contribution in [3.8, 4) is 0 Å². The molecule has 0 aliphatic heterocycles. The minimum Gasteiger partial charge on any atom is -0.478 e. The molecule has 19 heavy (non-hydrogen) atoms. The first-order valence-corrected chi connectivity index (χ1v) is 6.08. The van der Waals surface area contributed by atoms with E-state index < -0.39 is 5.97 Å². The molecule has 0 fully saturated rings. The highest BCUT2D eigenvalue weighted by Gasteiger charge is 2.15. The number of aromatic carboxylic acids is 1. The second kappa shape index (κ2) is 5.60. The second-order valence-corrected chi connectivity index (χ2v) is 4.45. The predicted molar refractivity (Wildman–Crippen MR) is 67.9 cm³/mol. The number of rotatable bonds is 4. The predicted octanol–water partition coefficient (Wildman–Crippen LogP) is 1.80. The van der Waals surface area contributed by atoms with Crippen molar-refractivity contribution < 1.29 is 19.1 Å². The van der Waals surface area contributed by atoms with Gasteiger partial charge < -0.3 is 20.2 Å². The summed E-state index contributed by atoms with van der Waals surface area (Å²) in [5, 5.41) is 14.3. The summed E-state index contributed by atoms with van der Waals surface area (Å²) < 4.78 is 5.26. The van der Waals surface area contributed by atoms with Crippen LogP contribution in [0.1, 0.15) is 34.7 Å². The highest BCUT2D eigenvalue weighted by atomic mass is 16.4. The van der Waals surface area contributed by atoms with Crippen LogP contribution in [0.15, 0.2) is 22.6 Å². The van der Waals surface area contributed by atoms with Gasteiger partial charge in [-0.2, -0.15) is 0 Å². The van der Waals surface area contributed by atoms with Crippen molar-refractivity contribution in [1.29, 1.82) is 0 Å². The fraction of sp³-hybridized carbons (Fsp3) is 0.385. The van der Waals surface area contributed by atoms with E-state index in [1.807, 2.05) is 12.2 Å². The molecule has 1 aliphatic rings. The van der Waals surface area contributed by atoms with Crippen molar-refractivity contribution in [3.63, 3.8) is 0 Å². The molecule has 0 radical (unpaired) electrons. The van der Waals surface area contributed by atoms with Crippen LogP contribution in [-0.2, 0) is 6.54 Å². The molecule has 3 N–H and O–H groups in total. The number of urea groups is 1. The molecule has 1 aromatic heterocycles. The zero-order valence-corrected chi connectivity index (χ0v) is 10.6. The molecule has 2 amide bonds. The Labute approximate surface area is 110 Å². The fourth-order valence-electron chi connectivity index (χ4n) is 1.98. The third-order valence-corrected chi connectivity index (χ3v) is 2.97. The smallest absolute Gasteiger partial charge is 0.339 e. The third kappa shape index (κ3) is 3.37. The molecular weight excluding hydrogens is 248 g/mol. The molecule has 0 bridgehead atoms. The van der Waals surface area contributed by atoms with Gasteiger partial charge in [0.1, 0.15) is 17.1 Å². The van der Waals surface area contributed by atoms with E-state index in [2.05, 4.69) is 10.6 Å². The highest BCUT2D eigenvalue weighted by Crippen LogP contribution is 2.14. The number of hydrogen-bond donors (Lipinski definition) is 3. The van der Waals surface area contributed by atoms with E-state index >= 15 is 0 Å². The van der Waals surface area contributed by atoms with Crippen LogP contribution in [0.25, 0.3) is 0 Å². The van der Waals surface area contributed by atoms with Crippen molar-refractivity contribution in [3.05, 3.63) is 35.3 Å². The Bertz CT molecular complexity index is 511. The van der Waals surface area contributed by atoms with Gasteiger partial charge in [0.2, 0.25) is 0 Å². The van der Waals surface area contributed by atoms with Gasteiger partial charge in [-0.25, -0.2) is 9.59 Å². The monoisotopic (exact) mass is 264 g/mol. The van der Waals surface area contributed by atoms with Gasteiger partial charge in [0.05, 0.1) is 6.54 Å². The minimum atomic E-state index is -1.03. The number of carbonyl (C=O) groups is 2. The number of aryl methyl sites for hydroxylation is 1. The average molecular weight is 264 g/mol. The van der Waals surface area contributed by atoms with Crippen LogP contribution in [0.2, 0.25) is 0 Å². The molecule has 0 unspecified atom stereocenters. The summed E-state index contributed by atoms with van der Waals surface area (Å²) in [5.74, 6) is -0.270. The van der Waals surface area contributed by atoms with E-state index in [1.54, 1.807) is 6.92 Å². The summed E-state index contributed by atoms with van der Waals surface area (Å²) in [6.07, 6.45) is 5.74. The van der Waals surface area contributed by atoms with Crippen molar-refractivity contribution in [2.45, 2.75) is 32.4 Å². The molecule has 0 aromatic carbocycles. The van der Waals surface area contributed by atoms with Crippen LogP contribution in [0, 0.1) is 6.92 Å². The number of nitrogens with one attached hydrogen (secondary N) is 2. The molecule has 0 saturated carbocycles. The molecule has 6 heteroatoms. The molecule has 2 rings (SSSR count). The average Bonchev–Trinajstić information content (AvgIpc) is 2.96. The molecule has 0 atom stereocenters. The standard InChI is InChI=1S/C13H16N2O4/c1-8-11(12(16)17)6-10(19-8)7-14-13(18)15-9-4-2-3-5-9/h2-3,6,9H,4-5,7H2,1H3,(H,16,17)(H2,14,15,18). The van der Waals surface area contributed by atoms with Gasteiger partial charge in [-0.05, 0) is 25.8 Å². The number of amides is 2. The Balaban J connectivity index is 1.83. The van der Waals surface area contributed by atoms with Gasteiger partial charge >= 0.3 is 12.0 Å². The zero-order valence-electron chi connectivity index (χ0n) is 10.6. The van der Waals surface area contributed by atoms with E-state index in [9.17, 15) is 9.59 Å². The second-order valence-electron chi connectivity index (χ2n) is 4.45. The lowest BCUT2D eigenvalue weighted by molar-refractivity contribution is 0.0695. The van der Waals surface area contributed by atoms with E-state index in [-0.39, 0.29) is 24.2 Å². The molecule has 6 nitrogen and oxygen atoms in total. The van der Waals surface area contributed by atoms with Gasteiger partial charge in [-0.3, -0.25) is 0 Å². The quantitative estimate of drug-likeness (QED) is 0.723. The largest absolute Gasteiger partial charge is 0.478 e. The Morgan fingerprint density at radius 3 is 2.68 bits per heavy atom. The van der Waals surface area contributed by atoms with Crippen LogP contribution in [-0.4, -0.2) is 23.1 Å². The highest BCUT2D eigenvalue weighted by molar-refractivity contribution is 5.88. The molecule has 0 spiro atoms. The lowest BCUT2D eigenvalue weighted by Gasteiger charge is -2.12. The Morgan fingerprint density at radius 1 is 1.42 bits per heavy atom. The Morgan fingerprint density at radius 2 is 2.11 bits per heavy atom. The molecule has 1 aromatic rings. The molecule has 1 heterocycles.